The average molecular weight is 313 g/mol. The van der Waals surface area contributed by atoms with Crippen molar-refractivity contribution in [3.63, 3.8) is 0 Å². The lowest BCUT2D eigenvalue weighted by Crippen LogP contribution is -2.42. The summed E-state index contributed by atoms with van der Waals surface area (Å²) in [4.78, 5) is 33.5. The van der Waals surface area contributed by atoms with Crippen molar-refractivity contribution in [2.75, 3.05) is 18.0 Å². The van der Waals surface area contributed by atoms with Crippen LogP contribution >= 0.6 is 0 Å². The second-order valence-electron chi connectivity index (χ2n) is 5.41. The molecule has 1 saturated heterocycles. The average Bonchev–Trinajstić information content (AvgIpc) is 3.15. The molecule has 0 saturated carbocycles. The molecule has 7 nitrogen and oxygen atoms in total. The van der Waals surface area contributed by atoms with Crippen molar-refractivity contribution in [2.45, 2.75) is 19.3 Å². The van der Waals surface area contributed by atoms with Gasteiger partial charge in [0.25, 0.3) is 11.8 Å². The fourth-order valence-corrected chi connectivity index (χ4v) is 2.65. The van der Waals surface area contributed by atoms with Crippen molar-refractivity contribution in [3.05, 3.63) is 47.9 Å². The molecular formula is C16H19N5O2. The van der Waals surface area contributed by atoms with E-state index in [1.165, 1.54) is 6.42 Å². The van der Waals surface area contributed by atoms with Crippen molar-refractivity contribution in [1.29, 1.82) is 0 Å². The van der Waals surface area contributed by atoms with E-state index >= 15 is 0 Å². The van der Waals surface area contributed by atoms with Gasteiger partial charge in [0.1, 0.15) is 11.5 Å². The van der Waals surface area contributed by atoms with Crippen LogP contribution in [-0.4, -0.2) is 34.9 Å². The number of amides is 2. The van der Waals surface area contributed by atoms with Crippen molar-refractivity contribution in [3.8, 4) is 0 Å². The molecule has 3 heterocycles. The number of rotatable bonds is 3. The Bertz CT molecular complexity index is 678. The van der Waals surface area contributed by atoms with E-state index in [9.17, 15) is 9.59 Å². The number of aromatic nitrogens is 2. The molecular weight excluding hydrogens is 294 g/mol. The van der Waals surface area contributed by atoms with Crippen molar-refractivity contribution >= 4 is 17.6 Å². The van der Waals surface area contributed by atoms with Crippen molar-refractivity contribution in [2.24, 2.45) is 0 Å². The highest BCUT2D eigenvalue weighted by atomic mass is 16.2. The van der Waals surface area contributed by atoms with Crippen LogP contribution in [-0.2, 0) is 0 Å². The number of hydrogen-bond donors (Lipinski definition) is 3. The number of piperidine rings is 1. The Balaban J connectivity index is 1.68. The zero-order valence-electron chi connectivity index (χ0n) is 12.7. The Kier molecular flexibility index (Phi) is 4.56. The second kappa shape index (κ2) is 6.95. The van der Waals surface area contributed by atoms with Gasteiger partial charge in [-0.2, -0.15) is 0 Å². The quantitative estimate of drug-likeness (QED) is 0.749. The summed E-state index contributed by atoms with van der Waals surface area (Å²) in [7, 11) is 0. The number of nitrogens with zero attached hydrogens (tertiary/aromatic N) is 2. The Hall–Kier alpha value is -2.83. The van der Waals surface area contributed by atoms with Crippen LogP contribution in [0.3, 0.4) is 0 Å². The maximum absolute atomic E-state index is 12.4. The number of hydrazine groups is 1. The summed E-state index contributed by atoms with van der Waals surface area (Å²) in [5, 5.41) is 0. The number of hydrogen-bond acceptors (Lipinski definition) is 4. The number of pyridine rings is 1. The van der Waals surface area contributed by atoms with E-state index in [0.29, 0.717) is 17.1 Å². The predicted octanol–water partition coefficient (Wildman–Crippen LogP) is 1.47. The molecule has 1 fully saturated rings. The number of nitrogens with one attached hydrogen (secondary N) is 3. The van der Waals surface area contributed by atoms with E-state index < -0.39 is 5.91 Å². The SMILES string of the molecule is O=C(NNC(=O)c1cccnc1N1CCCCC1)c1ccc[nH]1. The number of carbonyl (C=O) groups is 2. The fourth-order valence-electron chi connectivity index (χ4n) is 2.65. The molecule has 120 valence electrons. The highest BCUT2D eigenvalue weighted by molar-refractivity contribution is 6.01. The van der Waals surface area contributed by atoms with Gasteiger partial charge >= 0.3 is 0 Å². The molecule has 2 aromatic heterocycles. The molecule has 3 rings (SSSR count). The highest BCUT2D eigenvalue weighted by Gasteiger charge is 2.20. The maximum atomic E-state index is 12.4. The van der Waals surface area contributed by atoms with E-state index in [2.05, 4.69) is 25.7 Å². The molecule has 2 aromatic rings. The number of anilines is 1. The van der Waals surface area contributed by atoms with E-state index in [1.54, 1.807) is 36.7 Å². The van der Waals surface area contributed by atoms with E-state index in [0.717, 1.165) is 25.9 Å². The lowest BCUT2D eigenvalue weighted by Gasteiger charge is -2.29. The third kappa shape index (κ3) is 3.50. The van der Waals surface area contributed by atoms with E-state index in [-0.39, 0.29) is 5.91 Å². The van der Waals surface area contributed by atoms with Crippen LogP contribution in [0.2, 0.25) is 0 Å². The van der Waals surface area contributed by atoms with Gasteiger partial charge in [0.15, 0.2) is 0 Å². The van der Waals surface area contributed by atoms with Crippen LogP contribution < -0.4 is 15.8 Å². The molecule has 3 N–H and O–H groups in total. The van der Waals surface area contributed by atoms with E-state index in [1.807, 2.05) is 0 Å². The largest absolute Gasteiger partial charge is 0.357 e. The molecule has 0 atom stereocenters. The third-order valence-electron chi connectivity index (χ3n) is 3.82. The zero-order chi connectivity index (χ0) is 16.1. The van der Waals surface area contributed by atoms with Gasteiger partial charge in [-0.05, 0) is 43.5 Å². The minimum atomic E-state index is -0.397. The van der Waals surface area contributed by atoms with Crippen LogP contribution in [0.15, 0.2) is 36.7 Å². The Labute approximate surface area is 134 Å². The number of carbonyl (C=O) groups excluding carboxylic acids is 2. The standard InChI is InChI=1S/C16H19N5O2/c22-15(19-20-16(23)13-7-5-8-17-13)12-6-4-9-18-14(12)21-10-2-1-3-11-21/h4-9,17H,1-3,10-11H2,(H,19,22)(H,20,23). The second-order valence-corrected chi connectivity index (χ2v) is 5.41. The molecule has 7 heteroatoms. The maximum Gasteiger partial charge on any atom is 0.286 e. The minimum absolute atomic E-state index is 0.376. The summed E-state index contributed by atoms with van der Waals surface area (Å²) in [6.45, 7) is 1.79. The first-order valence-corrected chi connectivity index (χ1v) is 7.70. The lowest BCUT2D eigenvalue weighted by molar-refractivity contribution is 0.0844. The van der Waals surface area contributed by atoms with Crippen molar-refractivity contribution in [1.82, 2.24) is 20.8 Å². The molecule has 0 spiro atoms. The summed E-state index contributed by atoms with van der Waals surface area (Å²) in [6, 6.07) is 6.78. The van der Waals surface area contributed by atoms with Crippen LogP contribution in [0, 0.1) is 0 Å². The van der Waals surface area contributed by atoms with Gasteiger partial charge in [0, 0.05) is 25.5 Å². The van der Waals surface area contributed by atoms with Crippen LogP contribution in [0.1, 0.15) is 40.1 Å². The molecule has 0 aromatic carbocycles. The van der Waals surface area contributed by atoms with Crippen LogP contribution in [0.25, 0.3) is 0 Å². The zero-order valence-corrected chi connectivity index (χ0v) is 12.7. The number of aromatic amines is 1. The first-order chi connectivity index (χ1) is 11.3. The normalized spacial score (nSPS) is 14.3. The van der Waals surface area contributed by atoms with Crippen molar-refractivity contribution < 1.29 is 9.59 Å². The predicted molar refractivity (Wildman–Crippen MR) is 86.0 cm³/mol. The molecule has 23 heavy (non-hydrogen) atoms. The molecule has 0 radical (unpaired) electrons. The first kappa shape index (κ1) is 15.1. The van der Waals surface area contributed by atoms with Gasteiger partial charge in [0.05, 0.1) is 5.56 Å². The topological polar surface area (TPSA) is 90.1 Å². The van der Waals surface area contributed by atoms with Crippen LogP contribution in [0.4, 0.5) is 5.82 Å². The minimum Gasteiger partial charge on any atom is -0.357 e. The van der Waals surface area contributed by atoms with Gasteiger partial charge in [-0.15, -0.1) is 0 Å². The third-order valence-corrected chi connectivity index (χ3v) is 3.82. The van der Waals surface area contributed by atoms with E-state index in [4.69, 9.17) is 0 Å². The molecule has 0 aliphatic carbocycles. The lowest BCUT2D eigenvalue weighted by atomic mass is 10.1. The summed E-state index contributed by atoms with van der Waals surface area (Å²) in [5.74, 6) is -0.107. The monoisotopic (exact) mass is 313 g/mol. The molecule has 1 aliphatic heterocycles. The van der Waals surface area contributed by atoms with Gasteiger partial charge in [-0.3, -0.25) is 20.4 Å². The first-order valence-electron chi connectivity index (χ1n) is 7.70. The molecule has 0 bridgehead atoms. The Morgan fingerprint density at radius 1 is 1.04 bits per heavy atom. The summed E-state index contributed by atoms with van der Waals surface area (Å²) >= 11 is 0. The van der Waals surface area contributed by atoms with Gasteiger partial charge in [0.2, 0.25) is 0 Å². The summed E-state index contributed by atoms with van der Waals surface area (Å²) in [6.07, 6.45) is 6.73. The van der Waals surface area contributed by atoms with Gasteiger partial charge in [-0.1, -0.05) is 0 Å². The Morgan fingerprint density at radius 2 is 1.83 bits per heavy atom. The van der Waals surface area contributed by atoms with Gasteiger partial charge < -0.3 is 9.88 Å². The summed E-state index contributed by atoms with van der Waals surface area (Å²) < 4.78 is 0. The summed E-state index contributed by atoms with van der Waals surface area (Å²) in [5.41, 5.74) is 5.68. The van der Waals surface area contributed by atoms with Crippen LogP contribution in [0.5, 0.6) is 0 Å². The smallest absolute Gasteiger partial charge is 0.286 e. The highest BCUT2D eigenvalue weighted by Crippen LogP contribution is 2.21. The fraction of sp³-hybridized carbons (Fsp3) is 0.312. The Morgan fingerprint density at radius 3 is 2.57 bits per heavy atom. The molecule has 1 aliphatic rings. The molecule has 2 amide bonds. The molecule has 0 unspecified atom stereocenters. The van der Waals surface area contributed by atoms with Gasteiger partial charge in [-0.25, -0.2) is 4.98 Å². The number of H-pyrrole nitrogens is 1.